The summed E-state index contributed by atoms with van der Waals surface area (Å²) in [4.78, 5) is 11.8. The molecule has 3 unspecified atom stereocenters. The molecule has 1 fully saturated rings. The van der Waals surface area contributed by atoms with Crippen molar-refractivity contribution in [2.45, 2.75) is 63.6 Å². The fraction of sp³-hybridized carbons (Fsp3) is 0.917. The molecule has 4 heteroatoms. The lowest BCUT2D eigenvalue weighted by Gasteiger charge is -2.21. The summed E-state index contributed by atoms with van der Waals surface area (Å²) in [6, 6.07) is -0.205. The van der Waals surface area contributed by atoms with Gasteiger partial charge in [-0.05, 0) is 25.7 Å². The van der Waals surface area contributed by atoms with Crippen molar-refractivity contribution in [3.05, 3.63) is 0 Å². The van der Waals surface area contributed by atoms with Crippen molar-refractivity contribution in [2.75, 3.05) is 7.11 Å². The fourth-order valence-electron chi connectivity index (χ4n) is 2.22. The largest absolute Gasteiger partial charge is 0.379 e. The van der Waals surface area contributed by atoms with Gasteiger partial charge in [0.2, 0.25) is 5.91 Å². The summed E-state index contributed by atoms with van der Waals surface area (Å²) in [6.45, 7) is 2.10. The van der Waals surface area contributed by atoms with E-state index in [1.165, 1.54) is 0 Å². The van der Waals surface area contributed by atoms with Crippen molar-refractivity contribution in [3.63, 3.8) is 0 Å². The van der Waals surface area contributed by atoms with E-state index in [1.807, 2.05) is 0 Å². The Morgan fingerprint density at radius 2 is 2.31 bits per heavy atom. The van der Waals surface area contributed by atoms with Crippen molar-refractivity contribution in [1.29, 1.82) is 0 Å². The Hall–Kier alpha value is -0.610. The second kappa shape index (κ2) is 6.86. The Balaban J connectivity index is 2.32. The first kappa shape index (κ1) is 13.5. The zero-order valence-electron chi connectivity index (χ0n) is 10.4. The minimum absolute atomic E-state index is 0.0256. The van der Waals surface area contributed by atoms with Crippen molar-refractivity contribution >= 4 is 5.91 Å². The quantitative estimate of drug-likeness (QED) is 0.717. The number of ether oxygens (including phenoxy) is 1. The number of rotatable bonds is 6. The van der Waals surface area contributed by atoms with E-state index in [2.05, 4.69) is 12.2 Å². The molecule has 0 heterocycles. The average Bonchev–Trinajstić information content (AvgIpc) is 2.72. The van der Waals surface area contributed by atoms with Gasteiger partial charge in [0.15, 0.2) is 0 Å². The van der Waals surface area contributed by atoms with Crippen molar-refractivity contribution in [2.24, 2.45) is 5.73 Å². The predicted molar refractivity (Wildman–Crippen MR) is 64.1 cm³/mol. The molecule has 0 aliphatic heterocycles. The molecule has 3 atom stereocenters. The number of nitrogens with two attached hydrogens (primary N) is 1. The first-order chi connectivity index (χ1) is 7.69. The zero-order chi connectivity index (χ0) is 12.0. The smallest absolute Gasteiger partial charge is 0.237 e. The topological polar surface area (TPSA) is 64.4 Å². The lowest BCUT2D eigenvalue weighted by atomic mass is 10.1. The molecule has 0 bridgehead atoms. The van der Waals surface area contributed by atoms with Gasteiger partial charge >= 0.3 is 0 Å². The number of carbonyl (C=O) groups is 1. The second-order valence-corrected chi connectivity index (χ2v) is 4.57. The minimum atomic E-state index is -0.363. The number of unbranched alkanes of at least 4 members (excludes halogenated alkanes) is 1. The minimum Gasteiger partial charge on any atom is -0.379 e. The highest BCUT2D eigenvalue weighted by Crippen LogP contribution is 2.21. The molecule has 0 aromatic rings. The van der Waals surface area contributed by atoms with Gasteiger partial charge in [0.25, 0.3) is 0 Å². The summed E-state index contributed by atoms with van der Waals surface area (Å²) in [5.41, 5.74) is 5.82. The van der Waals surface area contributed by atoms with Crippen molar-refractivity contribution in [1.82, 2.24) is 5.32 Å². The number of hydrogen-bond acceptors (Lipinski definition) is 3. The standard InChI is InChI=1S/C12H24N2O2/c1-3-4-6-9(13)12(15)14-10-7-5-8-11(10)16-2/h9-11H,3-8,13H2,1-2H3,(H,14,15). The van der Waals surface area contributed by atoms with E-state index >= 15 is 0 Å². The molecule has 94 valence electrons. The Morgan fingerprint density at radius 1 is 1.56 bits per heavy atom. The molecule has 16 heavy (non-hydrogen) atoms. The Labute approximate surface area is 97.9 Å². The third kappa shape index (κ3) is 3.76. The van der Waals surface area contributed by atoms with Crippen LogP contribution in [-0.2, 0) is 9.53 Å². The molecule has 3 N–H and O–H groups in total. The average molecular weight is 228 g/mol. The number of hydrogen-bond donors (Lipinski definition) is 2. The maximum absolute atomic E-state index is 11.8. The zero-order valence-corrected chi connectivity index (χ0v) is 10.4. The van der Waals surface area contributed by atoms with E-state index in [9.17, 15) is 4.79 Å². The van der Waals surface area contributed by atoms with Gasteiger partial charge in [0.05, 0.1) is 18.2 Å². The third-order valence-electron chi connectivity index (χ3n) is 3.29. The molecular formula is C12H24N2O2. The van der Waals surface area contributed by atoms with Crippen LogP contribution in [-0.4, -0.2) is 31.2 Å². The molecule has 0 spiro atoms. The van der Waals surface area contributed by atoms with Crippen LogP contribution in [0.15, 0.2) is 0 Å². The summed E-state index contributed by atoms with van der Waals surface area (Å²) >= 11 is 0. The highest BCUT2D eigenvalue weighted by Gasteiger charge is 2.29. The van der Waals surface area contributed by atoms with Crippen LogP contribution in [0.3, 0.4) is 0 Å². The molecule has 1 rings (SSSR count). The Bertz CT molecular complexity index is 221. The molecule has 4 nitrogen and oxygen atoms in total. The van der Waals surface area contributed by atoms with Crippen LogP contribution < -0.4 is 11.1 Å². The van der Waals surface area contributed by atoms with Gasteiger partial charge in [0, 0.05) is 7.11 Å². The van der Waals surface area contributed by atoms with Crippen LogP contribution in [0.2, 0.25) is 0 Å². The van der Waals surface area contributed by atoms with E-state index in [0.717, 1.165) is 38.5 Å². The Kier molecular flexibility index (Phi) is 5.77. The fourth-order valence-corrected chi connectivity index (χ4v) is 2.22. The molecular weight excluding hydrogens is 204 g/mol. The van der Waals surface area contributed by atoms with Crippen molar-refractivity contribution < 1.29 is 9.53 Å². The van der Waals surface area contributed by atoms with Gasteiger partial charge in [-0.3, -0.25) is 4.79 Å². The lowest BCUT2D eigenvalue weighted by Crippen LogP contribution is -2.48. The first-order valence-electron chi connectivity index (χ1n) is 6.27. The second-order valence-electron chi connectivity index (χ2n) is 4.57. The molecule has 1 aliphatic carbocycles. The number of methoxy groups -OCH3 is 1. The first-order valence-corrected chi connectivity index (χ1v) is 6.27. The molecule has 0 aromatic carbocycles. The normalized spacial score (nSPS) is 26.7. The van der Waals surface area contributed by atoms with E-state index < -0.39 is 0 Å². The van der Waals surface area contributed by atoms with E-state index in [1.54, 1.807) is 7.11 Å². The lowest BCUT2D eigenvalue weighted by molar-refractivity contribution is -0.124. The van der Waals surface area contributed by atoms with Crippen LogP contribution in [0.25, 0.3) is 0 Å². The summed E-state index contributed by atoms with van der Waals surface area (Å²) in [5.74, 6) is -0.0256. The number of nitrogens with one attached hydrogen (secondary N) is 1. The third-order valence-corrected chi connectivity index (χ3v) is 3.29. The van der Waals surface area contributed by atoms with Crippen LogP contribution in [0.5, 0.6) is 0 Å². The van der Waals surface area contributed by atoms with Gasteiger partial charge < -0.3 is 15.8 Å². The highest BCUT2D eigenvalue weighted by molar-refractivity contribution is 5.81. The molecule has 1 amide bonds. The van der Waals surface area contributed by atoms with E-state index in [-0.39, 0.29) is 24.1 Å². The van der Waals surface area contributed by atoms with Gasteiger partial charge in [0.1, 0.15) is 0 Å². The van der Waals surface area contributed by atoms with Gasteiger partial charge in [-0.1, -0.05) is 19.8 Å². The molecule has 0 radical (unpaired) electrons. The summed E-state index contributed by atoms with van der Waals surface area (Å²) in [5, 5.41) is 3.00. The molecule has 1 aliphatic rings. The number of amides is 1. The van der Waals surface area contributed by atoms with E-state index in [4.69, 9.17) is 10.5 Å². The predicted octanol–water partition coefficient (Wildman–Crippen LogP) is 1.19. The molecule has 1 saturated carbocycles. The number of carbonyl (C=O) groups excluding carboxylic acids is 1. The summed E-state index contributed by atoms with van der Waals surface area (Å²) in [6.07, 6.45) is 6.18. The van der Waals surface area contributed by atoms with Gasteiger partial charge in [-0.15, -0.1) is 0 Å². The maximum Gasteiger partial charge on any atom is 0.237 e. The van der Waals surface area contributed by atoms with Crippen LogP contribution in [0, 0.1) is 0 Å². The van der Waals surface area contributed by atoms with Crippen LogP contribution in [0.4, 0.5) is 0 Å². The maximum atomic E-state index is 11.8. The van der Waals surface area contributed by atoms with Crippen LogP contribution in [0.1, 0.15) is 45.4 Å². The van der Waals surface area contributed by atoms with Gasteiger partial charge in [-0.2, -0.15) is 0 Å². The van der Waals surface area contributed by atoms with E-state index in [0.29, 0.717) is 0 Å². The SMILES string of the molecule is CCCCC(N)C(=O)NC1CCCC1OC. The van der Waals surface area contributed by atoms with Crippen molar-refractivity contribution in [3.8, 4) is 0 Å². The van der Waals surface area contributed by atoms with Crippen LogP contribution >= 0.6 is 0 Å². The molecule has 0 aromatic heterocycles. The summed E-state index contributed by atoms with van der Waals surface area (Å²) < 4.78 is 5.33. The van der Waals surface area contributed by atoms with Gasteiger partial charge in [-0.25, -0.2) is 0 Å². The summed E-state index contributed by atoms with van der Waals surface area (Å²) in [7, 11) is 1.70. The Morgan fingerprint density at radius 3 is 2.94 bits per heavy atom. The molecule has 0 saturated heterocycles. The highest BCUT2D eigenvalue weighted by atomic mass is 16.5. The monoisotopic (exact) mass is 228 g/mol.